The molecule has 0 aliphatic carbocycles. The van der Waals surface area contributed by atoms with Crippen LogP contribution >= 0.6 is 0 Å². The van der Waals surface area contributed by atoms with Gasteiger partial charge in [-0.3, -0.25) is 9.59 Å². The molecule has 8 bridgehead atoms. The van der Waals surface area contributed by atoms with Crippen LogP contribution in [-0.2, 0) is 16.0 Å². The van der Waals surface area contributed by atoms with Crippen molar-refractivity contribution in [1.82, 2.24) is 20.3 Å². The van der Waals surface area contributed by atoms with Crippen LogP contribution in [0.25, 0.3) is 29.9 Å². The van der Waals surface area contributed by atoms with E-state index in [-0.39, 0.29) is 35.9 Å². The molecular weight excluding hydrogens is 560 g/mol. The number of carboxylic acid groups (broad SMARTS) is 3. The number of hydrogen-bond acceptors (Lipinski definition) is 4. The van der Waals surface area contributed by atoms with E-state index in [2.05, 4.69) is 39.8 Å². The summed E-state index contributed by atoms with van der Waals surface area (Å²) in [4.78, 5) is 47.0. The van der Waals surface area contributed by atoms with Crippen LogP contribution in [0.1, 0.15) is 94.1 Å². The highest BCUT2D eigenvalue weighted by molar-refractivity contribution is 5.99. The van der Waals surface area contributed by atoms with Crippen molar-refractivity contribution in [2.24, 2.45) is 11.8 Å². The standard InChI is InChI=1S/C34H38N4O6/c1-7-19-15(3)23-12-25-17(5)21(9-10-29(39)40)32(37-25)22(11-30(41)42)33-31(34(43)44)18(6)26(38-33)14-28-20(8-2)16(4)24(36-28)13-27(19)35-23/h7,12-14,17,21,35-38H,1,8-11H2,2-6H3,(H,39,40)(H,41,42)(H,43,44)/b24-13-,25-12-,28-14?,32-22?. The molecule has 2 unspecified atom stereocenters. The molecule has 2 aliphatic rings. The summed E-state index contributed by atoms with van der Waals surface area (Å²) in [5, 5.41) is 35.1. The molecule has 2 aliphatic heterocycles. The molecular formula is C34H38N4O6. The summed E-state index contributed by atoms with van der Waals surface area (Å²) in [6.07, 6.45) is 8.10. The number of H-pyrrole nitrogens is 3. The van der Waals surface area contributed by atoms with Gasteiger partial charge in [0.15, 0.2) is 0 Å². The van der Waals surface area contributed by atoms with Crippen LogP contribution < -0.4 is 16.0 Å². The van der Waals surface area contributed by atoms with Crippen LogP contribution in [0.3, 0.4) is 0 Å². The highest BCUT2D eigenvalue weighted by Crippen LogP contribution is 2.42. The number of allylic oxidation sites excluding steroid dienone is 2. The summed E-state index contributed by atoms with van der Waals surface area (Å²) >= 11 is 0. The topological polar surface area (TPSA) is 171 Å². The van der Waals surface area contributed by atoms with Crippen molar-refractivity contribution in [3.8, 4) is 0 Å². The molecule has 1 saturated heterocycles. The van der Waals surface area contributed by atoms with Gasteiger partial charge >= 0.3 is 17.9 Å². The maximum Gasteiger partial charge on any atom is 0.338 e. The molecule has 0 radical (unpaired) electrons. The van der Waals surface area contributed by atoms with Crippen molar-refractivity contribution >= 4 is 47.8 Å². The van der Waals surface area contributed by atoms with E-state index >= 15 is 0 Å². The maximum atomic E-state index is 12.7. The number of nitrogens with one attached hydrogen (secondary N) is 4. The third-order valence-corrected chi connectivity index (χ3v) is 9.12. The van der Waals surface area contributed by atoms with Crippen LogP contribution in [0.15, 0.2) is 18.0 Å². The van der Waals surface area contributed by atoms with Gasteiger partial charge in [-0.15, -0.1) is 0 Å². The number of aromatic amines is 3. The maximum absolute atomic E-state index is 12.7. The first-order valence-electron chi connectivity index (χ1n) is 14.7. The molecule has 0 saturated carbocycles. The molecule has 5 heterocycles. The Labute approximate surface area is 254 Å². The van der Waals surface area contributed by atoms with Gasteiger partial charge in [0.1, 0.15) is 0 Å². The number of carbonyl (C=O) groups is 3. The molecule has 7 N–H and O–H groups in total. The van der Waals surface area contributed by atoms with Gasteiger partial charge < -0.3 is 35.6 Å². The van der Waals surface area contributed by atoms with Crippen LogP contribution in [-0.4, -0.2) is 48.2 Å². The number of aromatic nitrogens is 3. The molecule has 10 heteroatoms. The van der Waals surface area contributed by atoms with E-state index in [1.54, 1.807) is 6.92 Å². The number of fused-ring (bicyclic) bond motifs is 8. The van der Waals surface area contributed by atoms with Gasteiger partial charge in [-0.25, -0.2) is 4.79 Å². The molecule has 0 spiro atoms. The monoisotopic (exact) mass is 598 g/mol. The first-order valence-corrected chi connectivity index (χ1v) is 14.7. The smallest absolute Gasteiger partial charge is 0.338 e. The van der Waals surface area contributed by atoms with E-state index in [0.717, 1.165) is 56.5 Å². The summed E-state index contributed by atoms with van der Waals surface area (Å²) < 4.78 is 0. The van der Waals surface area contributed by atoms with Crippen molar-refractivity contribution in [2.75, 3.05) is 0 Å². The fraction of sp³-hybridized carbons (Fsp3) is 0.324. The highest BCUT2D eigenvalue weighted by Gasteiger charge is 2.37. The van der Waals surface area contributed by atoms with E-state index in [0.29, 0.717) is 22.5 Å². The SMILES string of the molecule is C=Cc1c2[nH]c(c1C)/C=C1\NC(=C(CC(=O)O)c3[nH]c(c(C)c3C(=O)O)C=c3[nH]/c(c(C)c3CC)=C\2)C(CCC(=O)O)C1C. The van der Waals surface area contributed by atoms with Crippen molar-refractivity contribution < 1.29 is 29.7 Å². The molecule has 230 valence electrons. The number of rotatable bonds is 8. The van der Waals surface area contributed by atoms with Gasteiger partial charge in [-0.05, 0) is 74.1 Å². The summed E-state index contributed by atoms with van der Waals surface area (Å²) in [6.45, 7) is 13.8. The Morgan fingerprint density at radius 1 is 0.886 bits per heavy atom. The zero-order valence-corrected chi connectivity index (χ0v) is 25.6. The quantitative estimate of drug-likeness (QED) is 0.201. The number of aromatic carboxylic acids is 1. The molecule has 2 atom stereocenters. The third-order valence-electron chi connectivity index (χ3n) is 9.12. The van der Waals surface area contributed by atoms with E-state index in [4.69, 9.17) is 0 Å². The van der Waals surface area contributed by atoms with E-state index in [9.17, 15) is 29.7 Å². The van der Waals surface area contributed by atoms with Gasteiger partial charge in [-0.1, -0.05) is 26.5 Å². The summed E-state index contributed by atoms with van der Waals surface area (Å²) in [6, 6.07) is 0. The van der Waals surface area contributed by atoms with Gasteiger partial charge in [0.25, 0.3) is 0 Å². The third kappa shape index (κ3) is 5.21. The fourth-order valence-corrected chi connectivity index (χ4v) is 6.71. The second kappa shape index (κ2) is 11.6. The van der Waals surface area contributed by atoms with Crippen LogP contribution in [0, 0.1) is 32.6 Å². The van der Waals surface area contributed by atoms with Crippen molar-refractivity contribution in [2.45, 2.75) is 60.3 Å². The molecule has 44 heavy (non-hydrogen) atoms. The van der Waals surface area contributed by atoms with Gasteiger partial charge in [0.05, 0.1) is 17.7 Å². The molecule has 3 aromatic heterocycles. The van der Waals surface area contributed by atoms with E-state index in [1.807, 2.05) is 39.0 Å². The second-order valence-electron chi connectivity index (χ2n) is 11.6. The minimum absolute atomic E-state index is 0.0126. The number of carboxylic acids is 3. The first kappa shape index (κ1) is 30.5. The van der Waals surface area contributed by atoms with Crippen molar-refractivity contribution in [3.05, 3.63) is 84.8 Å². The Kier molecular flexibility index (Phi) is 8.03. The molecule has 0 amide bonds. The molecule has 0 aromatic carbocycles. The second-order valence-corrected chi connectivity index (χ2v) is 11.6. The first-order chi connectivity index (χ1) is 20.9. The Morgan fingerprint density at radius 2 is 1.57 bits per heavy atom. The van der Waals surface area contributed by atoms with Crippen LogP contribution in [0.2, 0.25) is 0 Å². The van der Waals surface area contributed by atoms with Crippen LogP contribution in [0.4, 0.5) is 0 Å². The normalized spacial score (nSPS) is 19.4. The van der Waals surface area contributed by atoms with Crippen molar-refractivity contribution in [3.63, 3.8) is 0 Å². The average Bonchev–Trinajstić information content (AvgIpc) is 3.63. The lowest BCUT2D eigenvalue weighted by Gasteiger charge is -2.18. The minimum Gasteiger partial charge on any atom is -0.481 e. The Morgan fingerprint density at radius 3 is 2.18 bits per heavy atom. The lowest BCUT2D eigenvalue weighted by atomic mass is 9.85. The molecule has 3 aromatic rings. The predicted octanol–water partition coefficient (Wildman–Crippen LogP) is 4.42. The number of hydrogen-bond donors (Lipinski definition) is 7. The zero-order chi connectivity index (χ0) is 32.0. The Bertz CT molecular complexity index is 1910. The average molecular weight is 599 g/mol. The largest absolute Gasteiger partial charge is 0.481 e. The van der Waals surface area contributed by atoms with E-state index in [1.165, 1.54) is 0 Å². The Balaban J connectivity index is 1.94. The zero-order valence-electron chi connectivity index (χ0n) is 25.6. The summed E-state index contributed by atoms with van der Waals surface area (Å²) in [7, 11) is 0. The Hall–Kier alpha value is -4.99. The summed E-state index contributed by atoms with van der Waals surface area (Å²) in [5.74, 6) is -3.87. The van der Waals surface area contributed by atoms with Gasteiger partial charge in [0, 0.05) is 68.6 Å². The van der Waals surface area contributed by atoms with Gasteiger partial charge in [0.2, 0.25) is 0 Å². The molecule has 1 fully saturated rings. The fourth-order valence-electron chi connectivity index (χ4n) is 6.71. The summed E-state index contributed by atoms with van der Waals surface area (Å²) in [5.41, 5.74) is 8.56. The lowest BCUT2D eigenvalue weighted by Crippen LogP contribution is -2.16. The minimum atomic E-state index is -1.18. The highest BCUT2D eigenvalue weighted by atomic mass is 16.4. The predicted molar refractivity (Wildman–Crippen MR) is 169 cm³/mol. The molecule has 5 rings (SSSR count). The lowest BCUT2D eigenvalue weighted by molar-refractivity contribution is -0.137. The van der Waals surface area contributed by atoms with Gasteiger partial charge in [-0.2, -0.15) is 0 Å². The number of aliphatic carboxylic acids is 2. The van der Waals surface area contributed by atoms with Crippen molar-refractivity contribution in [1.29, 1.82) is 0 Å². The van der Waals surface area contributed by atoms with E-state index < -0.39 is 24.3 Å². The van der Waals surface area contributed by atoms with Crippen LogP contribution in [0.5, 0.6) is 0 Å². The molecule has 10 nitrogen and oxygen atoms in total.